The number of amides is 2. The van der Waals surface area contributed by atoms with Gasteiger partial charge in [0, 0.05) is 17.6 Å². The summed E-state index contributed by atoms with van der Waals surface area (Å²) in [6, 6.07) is 8.57. The Morgan fingerprint density at radius 2 is 1.79 bits per heavy atom. The monoisotopic (exact) mass is 461 g/mol. The van der Waals surface area contributed by atoms with Crippen molar-refractivity contribution in [2.75, 3.05) is 17.2 Å². The summed E-state index contributed by atoms with van der Waals surface area (Å²) in [5, 5.41) is 9.36. The number of nitrogens with zero attached hydrogens (tertiary/aromatic N) is 3. The summed E-state index contributed by atoms with van der Waals surface area (Å²) >= 11 is 0. The number of rotatable bonds is 6. The molecule has 33 heavy (non-hydrogen) atoms. The lowest BCUT2D eigenvalue weighted by molar-refractivity contribution is -0.137. The van der Waals surface area contributed by atoms with Crippen LogP contribution in [-0.2, 0) is 10.9 Å². The minimum atomic E-state index is -4.50. The van der Waals surface area contributed by atoms with Gasteiger partial charge >= 0.3 is 12.3 Å². The molecule has 0 saturated heterocycles. The normalized spacial score (nSPS) is 11.4. The Kier molecular flexibility index (Phi) is 7.00. The lowest BCUT2D eigenvalue weighted by Crippen LogP contribution is -2.17. The van der Waals surface area contributed by atoms with Crippen LogP contribution in [0, 0.1) is 12.8 Å². The molecule has 0 unspecified atom stereocenters. The molecule has 0 aliphatic heterocycles. The molecule has 2 heterocycles. The predicted octanol–water partition coefficient (Wildman–Crippen LogP) is 5.05. The maximum atomic E-state index is 12.7. The Morgan fingerprint density at radius 1 is 1.09 bits per heavy atom. The fourth-order valence-electron chi connectivity index (χ4n) is 2.81. The summed E-state index contributed by atoms with van der Waals surface area (Å²) < 4.78 is 44.6. The highest BCUT2D eigenvalue weighted by atomic mass is 19.4. The largest absolute Gasteiger partial charge is 0.449 e. The second-order valence-electron chi connectivity index (χ2n) is 7.61. The molecule has 0 spiro atoms. The van der Waals surface area contributed by atoms with Crippen molar-refractivity contribution in [1.29, 1.82) is 0 Å². The maximum Gasteiger partial charge on any atom is 0.417 e. The molecular weight excluding hydrogens is 439 g/mol. The third-order valence-electron chi connectivity index (χ3n) is 4.46. The van der Waals surface area contributed by atoms with Crippen LogP contribution in [0.25, 0.3) is 5.82 Å². The van der Waals surface area contributed by atoms with Crippen LogP contribution in [0.15, 0.2) is 48.8 Å². The third kappa shape index (κ3) is 6.09. The zero-order valence-corrected chi connectivity index (χ0v) is 18.1. The Morgan fingerprint density at radius 3 is 2.39 bits per heavy atom. The summed E-state index contributed by atoms with van der Waals surface area (Å²) in [6.45, 7) is 5.71. The van der Waals surface area contributed by atoms with E-state index in [0.717, 1.165) is 6.07 Å². The number of alkyl halides is 3. The Balaban J connectivity index is 1.70. The predicted molar refractivity (Wildman–Crippen MR) is 115 cm³/mol. The van der Waals surface area contributed by atoms with Gasteiger partial charge in [0.2, 0.25) is 0 Å². The highest BCUT2D eigenvalue weighted by Gasteiger charge is 2.30. The second kappa shape index (κ2) is 9.72. The topological polar surface area (TPSA) is 98.1 Å². The molecule has 0 aliphatic carbocycles. The van der Waals surface area contributed by atoms with Crippen molar-refractivity contribution in [3.8, 4) is 5.82 Å². The number of benzene rings is 1. The van der Waals surface area contributed by atoms with Crippen molar-refractivity contribution >= 4 is 23.4 Å². The molecule has 11 heteroatoms. The molecule has 0 saturated carbocycles. The van der Waals surface area contributed by atoms with Crippen LogP contribution in [0.4, 0.5) is 29.3 Å². The first-order valence-electron chi connectivity index (χ1n) is 9.98. The zero-order valence-electron chi connectivity index (χ0n) is 18.1. The van der Waals surface area contributed by atoms with Gasteiger partial charge in [-0.2, -0.15) is 18.3 Å². The van der Waals surface area contributed by atoms with E-state index in [1.807, 2.05) is 13.8 Å². The number of hydrogen-bond acceptors (Lipinski definition) is 5. The molecule has 2 aromatic heterocycles. The van der Waals surface area contributed by atoms with Crippen molar-refractivity contribution in [1.82, 2.24) is 14.8 Å². The van der Waals surface area contributed by atoms with Crippen molar-refractivity contribution in [2.45, 2.75) is 26.9 Å². The molecule has 0 bridgehead atoms. The lowest BCUT2D eigenvalue weighted by atomic mass is 10.2. The molecule has 3 aromatic rings. The van der Waals surface area contributed by atoms with Gasteiger partial charge in [-0.25, -0.2) is 14.5 Å². The highest BCUT2D eigenvalue weighted by Crippen LogP contribution is 2.29. The molecule has 2 amide bonds. The van der Waals surface area contributed by atoms with E-state index in [-0.39, 0.29) is 23.9 Å². The molecule has 0 radical (unpaired) electrons. The van der Waals surface area contributed by atoms with Crippen LogP contribution in [0.3, 0.4) is 0 Å². The molecule has 3 rings (SSSR count). The first-order valence-corrected chi connectivity index (χ1v) is 9.98. The van der Waals surface area contributed by atoms with Gasteiger partial charge in [-0.15, -0.1) is 0 Å². The molecule has 2 N–H and O–H groups in total. The first kappa shape index (κ1) is 23.8. The third-order valence-corrected chi connectivity index (χ3v) is 4.46. The first-order chi connectivity index (χ1) is 15.5. The summed E-state index contributed by atoms with van der Waals surface area (Å²) in [7, 11) is 0. The van der Waals surface area contributed by atoms with E-state index in [2.05, 4.69) is 20.7 Å². The number of anilines is 2. The molecule has 1 aromatic carbocycles. The van der Waals surface area contributed by atoms with E-state index in [9.17, 15) is 22.8 Å². The Labute approximate surface area is 187 Å². The van der Waals surface area contributed by atoms with Gasteiger partial charge in [0.15, 0.2) is 5.82 Å². The Hall–Kier alpha value is -3.89. The molecule has 0 aliphatic rings. The van der Waals surface area contributed by atoms with Crippen LogP contribution in [0.5, 0.6) is 0 Å². The van der Waals surface area contributed by atoms with Crippen LogP contribution in [-0.4, -0.2) is 33.4 Å². The summed E-state index contributed by atoms with van der Waals surface area (Å²) in [5.41, 5.74) is 0.581. The van der Waals surface area contributed by atoms with E-state index in [1.165, 1.54) is 16.9 Å². The standard InChI is InChI=1S/C22H22F3N5O3/c1-13(2)12-33-21(32)29-17-6-4-5-16(9-17)28-20(31)18-11-27-30(14(18)3)19-8-7-15(10-26-19)22(23,24)25/h4-11,13H,12H2,1-3H3,(H,28,31)(H,29,32). The van der Waals surface area contributed by atoms with Gasteiger partial charge in [0.05, 0.1) is 29.6 Å². The smallest absolute Gasteiger partial charge is 0.417 e. The van der Waals surface area contributed by atoms with Crippen LogP contribution >= 0.6 is 0 Å². The van der Waals surface area contributed by atoms with Gasteiger partial charge < -0.3 is 10.1 Å². The highest BCUT2D eigenvalue weighted by molar-refractivity contribution is 6.05. The van der Waals surface area contributed by atoms with Gasteiger partial charge in [-0.1, -0.05) is 19.9 Å². The molecule has 8 nitrogen and oxygen atoms in total. The SMILES string of the molecule is Cc1c(C(=O)Nc2cccc(NC(=O)OCC(C)C)c2)cnn1-c1ccc(C(F)(F)F)cn1. The number of carbonyl (C=O) groups excluding carboxylic acids is 2. The number of ether oxygens (including phenoxy) is 1. The van der Waals surface area contributed by atoms with Crippen molar-refractivity contribution < 1.29 is 27.5 Å². The minimum absolute atomic E-state index is 0.144. The fraction of sp³-hybridized carbons (Fsp3) is 0.273. The molecule has 174 valence electrons. The van der Waals surface area contributed by atoms with Gasteiger partial charge in [0.1, 0.15) is 0 Å². The quantitative estimate of drug-likeness (QED) is 0.535. The van der Waals surface area contributed by atoms with E-state index < -0.39 is 23.7 Å². The van der Waals surface area contributed by atoms with Gasteiger partial charge in [-0.05, 0) is 43.2 Å². The van der Waals surface area contributed by atoms with E-state index in [0.29, 0.717) is 23.3 Å². The Bertz CT molecular complexity index is 1140. The van der Waals surface area contributed by atoms with Crippen LogP contribution < -0.4 is 10.6 Å². The van der Waals surface area contributed by atoms with E-state index >= 15 is 0 Å². The van der Waals surface area contributed by atoms with Gasteiger partial charge in [0.25, 0.3) is 5.91 Å². The van der Waals surface area contributed by atoms with Crippen molar-refractivity contribution in [3.05, 3.63) is 65.6 Å². The molecule has 0 atom stereocenters. The molecular formula is C22H22F3N5O3. The number of nitrogens with one attached hydrogen (secondary N) is 2. The average Bonchev–Trinajstić information content (AvgIpc) is 3.13. The number of hydrogen-bond donors (Lipinski definition) is 2. The lowest BCUT2D eigenvalue weighted by Gasteiger charge is -2.11. The summed E-state index contributed by atoms with van der Waals surface area (Å²) in [5.74, 6) is -0.140. The zero-order chi connectivity index (χ0) is 24.2. The number of aromatic nitrogens is 3. The molecule has 0 fully saturated rings. The van der Waals surface area contributed by atoms with E-state index in [1.54, 1.807) is 31.2 Å². The van der Waals surface area contributed by atoms with E-state index in [4.69, 9.17) is 4.74 Å². The van der Waals surface area contributed by atoms with Crippen LogP contribution in [0.2, 0.25) is 0 Å². The minimum Gasteiger partial charge on any atom is -0.449 e. The number of halogens is 3. The summed E-state index contributed by atoms with van der Waals surface area (Å²) in [4.78, 5) is 28.4. The maximum absolute atomic E-state index is 12.7. The van der Waals surface area contributed by atoms with Gasteiger partial charge in [-0.3, -0.25) is 10.1 Å². The van der Waals surface area contributed by atoms with Crippen molar-refractivity contribution in [2.24, 2.45) is 5.92 Å². The van der Waals surface area contributed by atoms with Crippen molar-refractivity contribution in [3.63, 3.8) is 0 Å². The van der Waals surface area contributed by atoms with Crippen LogP contribution in [0.1, 0.15) is 35.5 Å². The number of carbonyl (C=O) groups is 2. The number of pyridine rings is 1. The summed E-state index contributed by atoms with van der Waals surface area (Å²) in [6.07, 6.45) is -3.09. The second-order valence-corrected chi connectivity index (χ2v) is 7.61. The average molecular weight is 461 g/mol. The fourth-order valence-corrected chi connectivity index (χ4v) is 2.81.